The molecule has 0 unspecified atom stereocenters. The first-order chi connectivity index (χ1) is 12.6. The van der Waals surface area contributed by atoms with E-state index in [0.29, 0.717) is 10.6 Å². The van der Waals surface area contributed by atoms with Crippen molar-refractivity contribution in [1.82, 2.24) is 5.32 Å². The normalized spacial score (nSPS) is 12.3. The van der Waals surface area contributed by atoms with Crippen LogP contribution in [0.25, 0.3) is 0 Å². The Bertz CT molecular complexity index is 981. The summed E-state index contributed by atoms with van der Waals surface area (Å²) < 4.78 is 41.4. The second-order valence-corrected chi connectivity index (χ2v) is 7.51. The molecule has 0 radical (unpaired) electrons. The first-order valence-corrected chi connectivity index (χ1v) is 9.56. The average Bonchev–Trinajstić information content (AvgIpc) is 2.59. The predicted molar refractivity (Wildman–Crippen MR) is 95.9 cm³/mol. The van der Waals surface area contributed by atoms with Crippen LogP contribution in [-0.4, -0.2) is 26.4 Å². The number of amides is 1. The van der Waals surface area contributed by atoms with Crippen molar-refractivity contribution in [2.24, 2.45) is 5.14 Å². The summed E-state index contributed by atoms with van der Waals surface area (Å²) in [5, 5.41) is 7.95. The summed E-state index contributed by atoms with van der Waals surface area (Å²) >= 11 is 5.98. The maximum absolute atomic E-state index is 13.8. The molecule has 0 spiro atoms. The van der Waals surface area contributed by atoms with Gasteiger partial charge in [0.25, 0.3) is 5.91 Å². The highest BCUT2D eigenvalue weighted by Crippen LogP contribution is 2.17. The van der Waals surface area contributed by atoms with Crippen LogP contribution in [0.2, 0.25) is 5.02 Å². The maximum Gasteiger partial charge on any atom is 0.341 e. The molecule has 1 amide bonds. The zero-order valence-electron chi connectivity index (χ0n) is 14.1. The summed E-state index contributed by atoms with van der Waals surface area (Å²) in [7, 11) is -4.13. The van der Waals surface area contributed by atoms with Gasteiger partial charge in [-0.2, -0.15) is 0 Å². The summed E-state index contributed by atoms with van der Waals surface area (Å²) in [5.41, 5.74) is 0.0187. The number of carbonyl (C=O) groups excluding carboxylic acids is 2. The van der Waals surface area contributed by atoms with E-state index in [9.17, 15) is 22.4 Å². The number of hydrogen-bond acceptors (Lipinski definition) is 5. The number of rotatable bonds is 6. The van der Waals surface area contributed by atoms with Crippen LogP contribution >= 0.6 is 11.6 Å². The van der Waals surface area contributed by atoms with Gasteiger partial charge in [0.15, 0.2) is 6.10 Å². The fourth-order valence-corrected chi connectivity index (χ4v) is 2.83. The van der Waals surface area contributed by atoms with Crippen molar-refractivity contribution in [2.45, 2.75) is 24.5 Å². The molecule has 1 atom stereocenters. The van der Waals surface area contributed by atoms with E-state index in [1.54, 1.807) is 24.3 Å². The van der Waals surface area contributed by atoms with Gasteiger partial charge in [-0.15, -0.1) is 0 Å². The molecule has 2 aromatic carbocycles. The van der Waals surface area contributed by atoms with E-state index < -0.39 is 44.3 Å². The van der Waals surface area contributed by atoms with E-state index in [4.69, 9.17) is 21.5 Å². The first kappa shape index (κ1) is 20.8. The van der Waals surface area contributed by atoms with Gasteiger partial charge in [-0.05, 0) is 36.8 Å². The lowest BCUT2D eigenvalue weighted by Gasteiger charge is -2.14. The minimum atomic E-state index is -4.13. The number of primary sulfonamides is 1. The van der Waals surface area contributed by atoms with Crippen molar-refractivity contribution in [3.63, 3.8) is 0 Å². The Hall–Kier alpha value is -2.49. The molecule has 0 aliphatic rings. The van der Waals surface area contributed by atoms with Crippen LogP contribution in [0.1, 0.15) is 22.8 Å². The summed E-state index contributed by atoms with van der Waals surface area (Å²) in [6.07, 6.45) is -1.25. The Balaban J connectivity index is 2.04. The molecule has 0 saturated heterocycles. The zero-order chi connectivity index (χ0) is 20.2. The van der Waals surface area contributed by atoms with Gasteiger partial charge in [-0.25, -0.2) is 22.7 Å². The number of nitrogens with two attached hydrogens (primary N) is 1. The van der Waals surface area contributed by atoms with E-state index in [1.165, 1.54) is 6.92 Å². The van der Waals surface area contributed by atoms with E-state index in [1.807, 2.05) is 0 Å². The molecule has 0 aromatic heterocycles. The van der Waals surface area contributed by atoms with Crippen molar-refractivity contribution < 1.29 is 27.1 Å². The van der Waals surface area contributed by atoms with Gasteiger partial charge in [0, 0.05) is 11.6 Å². The Kier molecular flexibility index (Phi) is 6.53. The van der Waals surface area contributed by atoms with Gasteiger partial charge in [-0.3, -0.25) is 4.79 Å². The molecule has 3 N–H and O–H groups in total. The highest BCUT2D eigenvalue weighted by Gasteiger charge is 2.23. The SMILES string of the molecule is C[C@@H](OC(=O)c1cc(S(N)(=O)=O)ccc1F)C(=O)NCc1ccccc1Cl. The number of halogens is 2. The van der Waals surface area contributed by atoms with E-state index in [-0.39, 0.29) is 6.54 Å². The van der Waals surface area contributed by atoms with E-state index >= 15 is 0 Å². The van der Waals surface area contributed by atoms with Gasteiger partial charge < -0.3 is 10.1 Å². The van der Waals surface area contributed by atoms with Crippen molar-refractivity contribution >= 4 is 33.5 Å². The Morgan fingerprint density at radius 2 is 1.93 bits per heavy atom. The van der Waals surface area contributed by atoms with Gasteiger partial charge >= 0.3 is 5.97 Å². The van der Waals surface area contributed by atoms with Crippen molar-refractivity contribution in [3.8, 4) is 0 Å². The molecule has 0 aliphatic heterocycles. The molecular formula is C17H16ClFN2O5S. The number of carbonyl (C=O) groups is 2. The highest BCUT2D eigenvalue weighted by molar-refractivity contribution is 7.89. The summed E-state index contributed by atoms with van der Waals surface area (Å²) in [4.78, 5) is 23.7. The topological polar surface area (TPSA) is 116 Å². The lowest BCUT2D eigenvalue weighted by atomic mass is 10.2. The molecular weight excluding hydrogens is 399 g/mol. The monoisotopic (exact) mass is 414 g/mol. The highest BCUT2D eigenvalue weighted by atomic mass is 35.5. The lowest BCUT2D eigenvalue weighted by Crippen LogP contribution is -2.35. The molecule has 10 heteroatoms. The third-order valence-electron chi connectivity index (χ3n) is 3.55. The molecule has 27 heavy (non-hydrogen) atoms. The van der Waals surface area contributed by atoms with Crippen LogP contribution in [0.5, 0.6) is 0 Å². The van der Waals surface area contributed by atoms with Crippen molar-refractivity contribution in [1.29, 1.82) is 0 Å². The molecule has 2 rings (SSSR count). The molecule has 0 fully saturated rings. The molecule has 2 aromatic rings. The van der Waals surface area contributed by atoms with Crippen molar-refractivity contribution in [3.05, 3.63) is 64.4 Å². The minimum Gasteiger partial charge on any atom is -0.449 e. The summed E-state index contributed by atoms with van der Waals surface area (Å²) in [5.74, 6) is -2.83. The van der Waals surface area contributed by atoms with Crippen LogP contribution in [-0.2, 0) is 26.1 Å². The fraction of sp³-hybridized carbons (Fsp3) is 0.176. The Labute approximate surface area is 160 Å². The molecule has 0 heterocycles. The predicted octanol–water partition coefficient (Wildman–Crippen LogP) is 1.99. The number of ether oxygens (including phenoxy) is 1. The van der Waals surface area contributed by atoms with Crippen LogP contribution in [0.3, 0.4) is 0 Å². The maximum atomic E-state index is 13.8. The van der Waals surface area contributed by atoms with Gasteiger partial charge in [0.05, 0.1) is 10.5 Å². The standard InChI is InChI=1S/C17H16ClFN2O5S/c1-10(16(22)21-9-11-4-2-3-5-14(11)18)26-17(23)13-8-12(27(20,24)25)6-7-15(13)19/h2-8,10H,9H2,1H3,(H,21,22)(H2,20,24,25)/t10-/m1/s1. The third-order valence-corrected chi connectivity index (χ3v) is 4.83. The molecule has 144 valence electrons. The smallest absolute Gasteiger partial charge is 0.341 e. The average molecular weight is 415 g/mol. The fourth-order valence-electron chi connectivity index (χ4n) is 2.08. The zero-order valence-corrected chi connectivity index (χ0v) is 15.7. The van der Waals surface area contributed by atoms with Gasteiger partial charge in [0.2, 0.25) is 10.0 Å². The Morgan fingerprint density at radius 3 is 2.56 bits per heavy atom. The van der Waals surface area contributed by atoms with Crippen molar-refractivity contribution in [2.75, 3.05) is 0 Å². The summed E-state index contributed by atoms with van der Waals surface area (Å²) in [6.45, 7) is 1.40. The molecule has 7 nitrogen and oxygen atoms in total. The second kappa shape index (κ2) is 8.47. The quantitative estimate of drug-likeness (QED) is 0.701. The number of esters is 1. The minimum absolute atomic E-state index is 0.107. The number of hydrogen-bond donors (Lipinski definition) is 2. The lowest BCUT2D eigenvalue weighted by molar-refractivity contribution is -0.129. The van der Waals surface area contributed by atoms with Gasteiger partial charge in [-0.1, -0.05) is 29.8 Å². The van der Waals surface area contributed by atoms with Crippen LogP contribution in [0, 0.1) is 5.82 Å². The summed E-state index contributed by atoms with van der Waals surface area (Å²) in [6, 6.07) is 9.31. The van der Waals surface area contributed by atoms with Crippen LogP contribution in [0.15, 0.2) is 47.4 Å². The molecule has 0 aliphatic carbocycles. The molecule has 0 bridgehead atoms. The van der Waals surface area contributed by atoms with Crippen LogP contribution < -0.4 is 10.5 Å². The van der Waals surface area contributed by atoms with E-state index in [2.05, 4.69) is 5.32 Å². The van der Waals surface area contributed by atoms with Crippen LogP contribution in [0.4, 0.5) is 4.39 Å². The van der Waals surface area contributed by atoms with Gasteiger partial charge in [0.1, 0.15) is 5.82 Å². The Morgan fingerprint density at radius 1 is 1.26 bits per heavy atom. The number of sulfonamides is 1. The number of benzene rings is 2. The van der Waals surface area contributed by atoms with E-state index in [0.717, 1.165) is 18.2 Å². The first-order valence-electron chi connectivity index (χ1n) is 7.64. The number of nitrogens with one attached hydrogen (secondary N) is 1. The largest absolute Gasteiger partial charge is 0.449 e. The second-order valence-electron chi connectivity index (χ2n) is 5.54. The third kappa shape index (κ3) is 5.49. The molecule has 0 saturated carbocycles.